The minimum atomic E-state index is 0.775. The minimum Gasteiger partial charge on any atom is -0.495 e. The number of benzene rings is 2. The Hall–Kier alpha value is -1.79. The highest BCUT2D eigenvalue weighted by Gasteiger charge is 2.21. The second-order valence-corrected chi connectivity index (χ2v) is 6.89. The summed E-state index contributed by atoms with van der Waals surface area (Å²) in [6, 6.07) is 16.2. The number of nitrogens with zero attached hydrogens (tertiary/aromatic N) is 2. The van der Waals surface area contributed by atoms with E-state index in [1.807, 2.05) is 42.5 Å². The number of rotatable bonds is 3. The molecule has 1 heterocycles. The maximum Gasteiger partial charge on any atom is 0.173 e. The number of para-hydroxylation sites is 2. The lowest BCUT2D eigenvalue weighted by molar-refractivity contribution is 0.382. The zero-order valence-electron chi connectivity index (χ0n) is 13.5. The Morgan fingerprint density at radius 1 is 1.04 bits per heavy atom. The molecule has 0 saturated carbocycles. The molecule has 0 amide bonds. The summed E-state index contributed by atoms with van der Waals surface area (Å²) in [5, 5.41) is 4.08. The predicted octanol–water partition coefficient (Wildman–Crippen LogP) is 3.98. The molecule has 1 aliphatic rings. The molecule has 24 heavy (non-hydrogen) atoms. The van der Waals surface area contributed by atoms with Crippen LogP contribution in [0.25, 0.3) is 0 Å². The Bertz CT molecular complexity index is 700. The van der Waals surface area contributed by atoms with E-state index in [0.29, 0.717) is 0 Å². The summed E-state index contributed by atoms with van der Waals surface area (Å²) in [6.07, 6.45) is 0. The van der Waals surface area contributed by atoms with Crippen molar-refractivity contribution in [2.24, 2.45) is 0 Å². The van der Waals surface area contributed by atoms with E-state index in [2.05, 4.69) is 37.1 Å². The van der Waals surface area contributed by atoms with Gasteiger partial charge in [0.25, 0.3) is 0 Å². The zero-order chi connectivity index (χ0) is 16.9. The van der Waals surface area contributed by atoms with E-state index >= 15 is 0 Å². The third kappa shape index (κ3) is 3.99. The highest BCUT2D eigenvalue weighted by molar-refractivity contribution is 9.10. The van der Waals surface area contributed by atoms with E-state index in [0.717, 1.165) is 52.9 Å². The lowest BCUT2D eigenvalue weighted by Gasteiger charge is -2.37. The average Bonchev–Trinajstić information content (AvgIpc) is 2.63. The highest BCUT2D eigenvalue weighted by atomic mass is 79.9. The molecule has 0 spiro atoms. The van der Waals surface area contributed by atoms with Gasteiger partial charge in [-0.1, -0.05) is 28.1 Å². The molecule has 0 atom stereocenters. The molecule has 6 heteroatoms. The van der Waals surface area contributed by atoms with Crippen LogP contribution in [0.4, 0.5) is 11.4 Å². The molecule has 3 rings (SSSR count). The van der Waals surface area contributed by atoms with Crippen molar-refractivity contribution >= 4 is 44.6 Å². The van der Waals surface area contributed by atoms with E-state index in [9.17, 15) is 0 Å². The fourth-order valence-electron chi connectivity index (χ4n) is 2.78. The van der Waals surface area contributed by atoms with Crippen LogP contribution in [0.3, 0.4) is 0 Å². The first-order valence-corrected chi connectivity index (χ1v) is 9.07. The summed E-state index contributed by atoms with van der Waals surface area (Å²) < 4.78 is 6.52. The van der Waals surface area contributed by atoms with Crippen LogP contribution < -0.4 is 15.0 Å². The number of hydrogen-bond acceptors (Lipinski definition) is 3. The average molecular weight is 406 g/mol. The van der Waals surface area contributed by atoms with Crippen molar-refractivity contribution in [3.05, 3.63) is 53.0 Å². The summed E-state index contributed by atoms with van der Waals surface area (Å²) in [6.45, 7) is 3.62. The first-order chi connectivity index (χ1) is 11.7. The van der Waals surface area contributed by atoms with Crippen LogP contribution in [-0.2, 0) is 0 Å². The molecule has 2 aromatic rings. The highest BCUT2D eigenvalue weighted by Crippen LogP contribution is 2.28. The molecule has 1 aliphatic heterocycles. The molecule has 126 valence electrons. The number of ether oxygens (including phenoxy) is 1. The second kappa shape index (κ2) is 7.85. The molecule has 0 unspecified atom stereocenters. The summed E-state index contributed by atoms with van der Waals surface area (Å²) in [4.78, 5) is 4.56. The lowest BCUT2D eigenvalue weighted by atomic mass is 10.2. The Morgan fingerprint density at radius 2 is 1.71 bits per heavy atom. The number of thiocarbonyl (C=S) groups is 1. The van der Waals surface area contributed by atoms with Gasteiger partial charge in [-0.25, -0.2) is 0 Å². The summed E-state index contributed by atoms with van der Waals surface area (Å²) in [5.74, 6) is 0.918. The van der Waals surface area contributed by atoms with Gasteiger partial charge in [0.2, 0.25) is 0 Å². The Kier molecular flexibility index (Phi) is 5.58. The second-order valence-electron chi connectivity index (χ2n) is 5.58. The van der Waals surface area contributed by atoms with Crippen LogP contribution >= 0.6 is 28.1 Å². The monoisotopic (exact) mass is 405 g/mol. The molecule has 1 saturated heterocycles. The van der Waals surface area contributed by atoms with Crippen LogP contribution in [0.2, 0.25) is 0 Å². The Balaban J connectivity index is 1.58. The number of halogens is 1. The summed E-state index contributed by atoms with van der Waals surface area (Å²) in [5.41, 5.74) is 2.15. The molecule has 0 aliphatic carbocycles. The first-order valence-electron chi connectivity index (χ1n) is 7.87. The topological polar surface area (TPSA) is 27.7 Å². The van der Waals surface area contributed by atoms with Gasteiger partial charge in [-0.2, -0.15) is 0 Å². The van der Waals surface area contributed by atoms with Crippen LogP contribution in [0.5, 0.6) is 5.75 Å². The van der Waals surface area contributed by atoms with Gasteiger partial charge in [-0.3, -0.25) is 0 Å². The van der Waals surface area contributed by atoms with Gasteiger partial charge in [-0.15, -0.1) is 0 Å². The Labute approximate surface area is 156 Å². The third-order valence-electron chi connectivity index (χ3n) is 4.09. The molecule has 4 nitrogen and oxygen atoms in total. The van der Waals surface area contributed by atoms with Crippen molar-refractivity contribution in [1.29, 1.82) is 0 Å². The van der Waals surface area contributed by atoms with Gasteiger partial charge in [0.15, 0.2) is 5.11 Å². The van der Waals surface area contributed by atoms with E-state index in [4.69, 9.17) is 17.0 Å². The molecule has 0 bridgehead atoms. The van der Waals surface area contributed by atoms with Gasteiger partial charge in [-0.05, 0) is 48.6 Å². The van der Waals surface area contributed by atoms with Crippen LogP contribution in [-0.4, -0.2) is 43.3 Å². The fraction of sp³-hybridized carbons (Fsp3) is 0.278. The molecule has 0 radical (unpaired) electrons. The smallest absolute Gasteiger partial charge is 0.173 e. The van der Waals surface area contributed by atoms with Crippen LogP contribution in [0.1, 0.15) is 0 Å². The van der Waals surface area contributed by atoms with E-state index in [1.165, 1.54) is 0 Å². The standard InChI is InChI=1S/C18H20BrN3OS/c1-23-17-5-3-2-4-16(17)21-10-12-22(13-11-21)18(24)20-15-8-6-14(19)7-9-15/h2-9H,10-13H2,1H3,(H,20,24). The van der Waals surface area contributed by atoms with Crippen molar-refractivity contribution in [2.45, 2.75) is 0 Å². The van der Waals surface area contributed by atoms with Gasteiger partial charge in [0, 0.05) is 36.3 Å². The Morgan fingerprint density at radius 3 is 2.38 bits per heavy atom. The number of hydrogen-bond donors (Lipinski definition) is 1. The molecule has 2 aromatic carbocycles. The maximum absolute atomic E-state index is 5.55. The van der Waals surface area contributed by atoms with Crippen molar-refractivity contribution in [1.82, 2.24) is 4.90 Å². The molecule has 1 N–H and O–H groups in total. The largest absolute Gasteiger partial charge is 0.495 e. The van der Waals surface area contributed by atoms with Crippen molar-refractivity contribution in [3.8, 4) is 5.75 Å². The predicted molar refractivity (Wildman–Crippen MR) is 107 cm³/mol. The van der Waals surface area contributed by atoms with Gasteiger partial charge in [0.1, 0.15) is 5.75 Å². The zero-order valence-corrected chi connectivity index (χ0v) is 15.9. The van der Waals surface area contributed by atoms with Crippen LogP contribution in [0.15, 0.2) is 53.0 Å². The molecular weight excluding hydrogens is 386 g/mol. The summed E-state index contributed by atoms with van der Waals surface area (Å²) in [7, 11) is 1.71. The minimum absolute atomic E-state index is 0.775. The first kappa shape index (κ1) is 17.0. The quantitative estimate of drug-likeness (QED) is 0.779. The SMILES string of the molecule is COc1ccccc1N1CCN(C(=S)Nc2ccc(Br)cc2)CC1. The van der Waals surface area contributed by atoms with Crippen molar-refractivity contribution in [3.63, 3.8) is 0 Å². The number of nitrogens with one attached hydrogen (secondary N) is 1. The molecule has 0 aromatic heterocycles. The van der Waals surface area contributed by atoms with Gasteiger partial charge >= 0.3 is 0 Å². The van der Waals surface area contributed by atoms with Gasteiger partial charge in [0.05, 0.1) is 12.8 Å². The van der Waals surface area contributed by atoms with Crippen molar-refractivity contribution < 1.29 is 4.74 Å². The summed E-state index contributed by atoms with van der Waals surface area (Å²) >= 11 is 8.99. The van der Waals surface area contributed by atoms with Crippen LogP contribution in [0, 0.1) is 0 Å². The fourth-order valence-corrected chi connectivity index (χ4v) is 3.34. The molecular formula is C18H20BrN3OS. The van der Waals surface area contributed by atoms with Crippen molar-refractivity contribution in [2.75, 3.05) is 43.5 Å². The molecule has 1 fully saturated rings. The van der Waals surface area contributed by atoms with E-state index < -0.39 is 0 Å². The third-order valence-corrected chi connectivity index (χ3v) is 4.98. The number of methoxy groups -OCH3 is 1. The van der Waals surface area contributed by atoms with Gasteiger partial charge < -0.3 is 19.9 Å². The normalized spacial score (nSPS) is 14.4. The maximum atomic E-state index is 5.55. The van der Waals surface area contributed by atoms with E-state index in [1.54, 1.807) is 7.11 Å². The number of piperazine rings is 1. The lowest BCUT2D eigenvalue weighted by Crippen LogP contribution is -2.50. The number of anilines is 2. The van der Waals surface area contributed by atoms with E-state index in [-0.39, 0.29) is 0 Å².